The van der Waals surface area contributed by atoms with Crippen molar-refractivity contribution < 1.29 is 0 Å². The van der Waals surface area contributed by atoms with Gasteiger partial charge in [0.1, 0.15) is 16.0 Å². The predicted octanol–water partition coefficient (Wildman–Crippen LogP) is 10.0. The van der Waals surface area contributed by atoms with E-state index in [-0.39, 0.29) is 0 Å². The smallest absolute Gasteiger partial charge is 0.138 e. The fourth-order valence-electron chi connectivity index (χ4n) is 6.32. The minimum Gasteiger partial charge on any atom is -0.309 e. The van der Waals surface area contributed by atoms with Crippen molar-refractivity contribution in [3.63, 3.8) is 0 Å². The first-order chi connectivity index (χ1) is 21.2. The van der Waals surface area contributed by atoms with Gasteiger partial charge in [0.2, 0.25) is 0 Å². The second kappa shape index (κ2) is 9.15. The van der Waals surface area contributed by atoms with Gasteiger partial charge in [-0.15, -0.1) is 11.3 Å². The maximum absolute atomic E-state index is 9.61. The molecule has 0 atom stereocenters. The third kappa shape index (κ3) is 3.64. The fraction of sp³-hybridized carbons (Fsp3) is 0. The summed E-state index contributed by atoms with van der Waals surface area (Å²) in [5, 5.41) is 13.1. The molecule has 4 heterocycles. The second-order valence-corrected chi connectivity index (χ2v) is 11.9. The maximum atomic E-state index is 9.61. The number of pyridine rings is 1. The molecule has 9 aromatic rings. The summed E-state index contributed by atoms with van der Waals surface area (Å²) in [6.45, 7) is 0. The van der Waals surface area contributed by atoms with Crippen molar-refractivity contribution in [2.45, 2.75) is 0 Å². The molecule has 0 saturated carbocycles. The van der Waals surface area contributed by atoms with E-state index >= 15 is 0 Å². The number of nitrogens with zero attached hydrogens (tertiary/aromatic N) is 4. The van der Waals surface area contributed by atoms with Gasteiger partial charge in [-0.1, -0.05) is 72.8 Å². The summed E-state index contributed by atoms with van der Waals surface area (Å²) in [6.07, 6.45) is 2.21. The van der Waals surface area contributed by atoms with Crippen LogP contribution >= 0.6 is 11.3 Å². The highest BCUT2D eigenvalue weighted by Crippen LogP contribution is 2.37. The van der Waals surface area contributed by atoms with Crippen molar-refractivity contribution in [3.05, 3.63) is 139 Å². The van der Waals surface area contributed by atoms with E-state index in [4.69, 9.17) is 4.98 Å². The minimum atomic E-state index is 0.656. The first kappa shape index (κ1) is 24.0. The number of hydrogen-bond acceptors (Lipinski definition) is 3. The highest BCUT2D eigenvalue weighted by atomic mass is 32.1. The van der Waals surface area contributed by atoms with Crippen molar-refractivity contribution in [1.82, 2.24) is 14.0 Å². The normalized spacial score (nSPS) is 11.7. The Morgan fingerprint density at radius 1 is 0.605 bits per heavy atom. The lowest BCUT2D eigenvalue weighted by molar-refractivity contribution is 1.18. The number of rotatable bonds is 3. The van der Waals surface area contributed by atoms with Gasteiger partial charge >= 0.3 is 0 Å². The average molecular weight is 567 g/mol. The van der Waals surface area contributed by atoms with Gasteiger partial charge in [0.15, 0.2) is 0 Å². The first-order valence-electron chi connectivity index (χ1n) is 14.2. The fourth-order valence-corrected chi connectivity index (χ4v) is 7.45. The van der Waals surface area contributed by atoms with E-state index in [2.05, 4.69) is 130 Å². The van der Waals surface area contributed by atoms with E-state index in [1.165, 1.54) is 20.3 Å². The quantitative estimate of drug-likeness (QED) is 0.214. The maximum Gasteiger partial charge on any atom is 0.138 e. The molecule has 0 aliphatic rings. The number of fused-ring (bicyclic) bond motifs is 8. The highest BCUT2D eigenvalue weighted by Gasteiger charge is 2.15. The SMILES string of the molecule is N#Cc1ccc2c3ccc(-c4cccc(-c5ccc6nc7c8ccccc8sc7n6c5)c4)cc3n(-c3ccccc3)c2c1. The van der Waals surface area contributed by atoms with Crippen LogP contribution in [0.15, 0.2) is 134 Å². The van der Waals surface area contributed by atoms with Crippen LogP contribution in [0.4, 0.5) is 0 Å². The zero-order chi connectivity index (χ0) is 28.5. The summed E-state index contributed by atoms with van der Waals surface area (Å²) in [5.41, 5.74) is 10.5. The third-order valence-corrected chi connectivity index (χ3v) is 9.52. The van der Waals surface area contributed by atoms with Crippen LogP contribution in [0.2, 0.25) is 0 Å². The minimum absolute atomic E-state index is 0.656. The lowest BCUT2D eigenvalue weighted by Gasteiger charge is -2.10. The number of hydrogen-bond donors (Lipinski definition) is 0. The van der Waals surface area contributed by atoms with Crippen LogP contribution in [0.1, 0.15) is 5.56 Å². The van der Waals surface area contributed by atoms with Crippen molar-refractivity contribution in [3.8, 4) is 34.0 Å². The molecular formula is C38H22N4S. The van der Waals surface area contributed by atoms with Gasteiger partial charge in [0, 0.05) is 32.7 Å². The number of benzene rings is 5. The molecule has 0 unspecified atom stereocenters. The molecule has 9 rings (SSSR count). The highest BCUT2D eigenvalue weighted by molar-refractivity contribution is 7.25. The molecule has 4 aromatic heterocycles. The summed E-state index contributed by atoms with van der Waals surface area (Å²) in [7, 11) is 0. The molecule has 4 nitrogen and oxygen atoms in total. The molecule has 200 valence electrons. The Balaban J connectivity index is 1.20. The Labute approximate surface area is 250 Å². The van der Waals surface area contributed by atoms with E-state index < -0.39 is 0 Å². The van der Waals surface area contributed by atoms with Crippen molar-refractivity contribution >= 4 is 59.2 Å². The number of nitriles is 1. The summed E-state index contributed by atoms with van der Waals surface area (Å²) < 4.78 is 5.75. The van der Waals surface area contributed by atoms with E-state index in [1.807, 2.05) is 18.2 Å². The van der Waals surface area contributed by atoms with Crippen molar-refractivity contribution in [2.75, 3.05) is 0 Å². The Morgan fingerprint density at radius 2 is 1.33 bits per heavy atom. The summed E-state index contributed by atoms with van der Waals surface area (Å²) in [4.78, 5) is 6.12. The van der Waals surface area contributed by atoms with Crippen LogP contribution in [0.5, 0.6) is 0 Å². The van der Waals surface area contributed by atoms with E-state index in [0.29, 0.717) is 5.56 Å². The van der Waals surface area contributed by atoms with Crippen LogP contribution in [0, 0.1) is 11.3 Å². The Kier molecular flexibility index (Phi) is 5.10. The Hall–Kier alpha value is -5.70. The molecule has 0 aliphatic heterocycles. The lowest BCUT2D eigenvalue weighted by Crippen LogP contribution is -1.93. The molecular weight excluding hydrogens is 545 g/mol. The van der Waals surface area contributed by atoms with Gasteiger partial charge in [-0.05, 0) is 76.9 Å². The molecule has 0 spiro atoms. The van der Waals surface area contributed by atoms with Gasteiger partial charge in [-0.2, -0.15) is 5.26 Å². The summed E-state index contributed by atoms with van der Waals surface area (Å²) in [6, 6.07) is 46.8. The van der Waals surface area contributed by atoms with Crippen LogP contribution in [-0.4, -0.2) is 14.0 Å². The summed E-state index contributed by atoms with van der Waals surface area (Å²) >= 11 is 1.79. The topological polar surface area (TPSA) is 46.0 Å². The van der Waals surface area contributed by atoms with E-state index in [0.717, 1.165) is 55.5 Å². The van der Waals surface area contributed by atoms with Gasteiger partial charge in [0.25, 0.3) is 0 Å². The Bertz CT molecular complexity index is 2580. The van der Waals surface area contributed by atoms with Crippen LogP contribution in [0.25, 0.3) is 75.8 Å². The zero-order valence-electron chi connectivity index (χ0n) is 22.9. The molecule has 0 N–H and O–H groups in total. The molecule has 0 saturated heterocycles. The molecule has 43 heavy (non-hydrogen) atoms. The number of imidazole rings is 1. The monoisotopic (exact) mass is 566 g/mol. The van der Waals surface area contributed by atoms with Gasteiger partial charge < -0.3 is 4.57 Å². The van der Waals surface area contributed by atoms with Crippen LogP contribution < -0.4 is 0 Å². The van der Waals surface area contributed by atoms with Crippen LogP contribution in [-0.2, 0) is 0 Å². The lowest BCUT2D eigenvalue weighted by atomic mass is 9.99. The molecule has 0 radical (unpaired) electrons. The van der Waals surface area contributed by atoms with Crippen molar-refractivity contribution in [2.24, 2.45) is 0 Å². The predicted molar refractivity (Wildman–Crippen MR) is 178 cm³/mol. The van der Waals surface area contributed by atoms with Gasteiger partial charge in [-0.25, -0.2) is 4.98 Å². The Morgan fingerprint density at radius 3 is 2.19 bits per heavy atom. The number of thiophene rings is 1. The molecule has 0 amide bonds. The molecule has 5 heteroatoms. The molecule has 0 aliphatic carbocycles. The third-order valence-electron chi connectivity index (χ3n) is 8.36. The number of para-hydroxylation sites is 1. The molecule has 5 aromatic carbocycles. The van der Waals surface area contributed by atoms with Gasteiger partial charge in [0.05, 0.1) is 22.7 Å². The second-order valence-electron chi connectivity index (χ2n) is 10.8. The molecule has 0 bridgehead atoms. The largest absolute Gasteiger partial charge is 0.309 e. The zero-order valence-corrected chi connectivity index (χ0v) is 23.7. The van der Waals surface area contributed by atoms with E-state index in [9.17, 15) is 5.26 Å². The average Bonchev–Trinajstić information content (AvgIpc) is 3.72. The summed E-state index contributed by atoms with van der Waals surface area (Å²) in [5.74, 6) is 0. The first-order valence-corrected chi connectivity index (χ1v) is 15.0. The van der Waals surface area contributed by atoms with Crippen molar-refractivity contribution in [1.29, 1.82) is 5.26 Å². The van der Waals surface area contributed by atoms with Crippen LogP contribution in [0.3, 0.4) is 0 Å². The van der Waals surface area contributed by atoms with E-state index in [1.54, 1.807) is 11.3 Å². The molecule has 0 fully saturated rings. The van der Waals surface area contributed by atoms with Gasteiger partial charge in [-0.3, -0.25) is 4.40 Å². The number of aromatic nitrogens is 3. The standard InChI is InChI=1S/C38H22N4S/c39-22-24-13-16-30-31-17-14-27(21-34(31)42(33(30)19-24)29-9-2-1-3-10-29)25-7-6-8-26(20-25)28-15-18-36-40-37-32-11-4-5-12-35(32)43-38(37)41(36)23-28/h1-21,23H.